The molecule has 42 heavy (non-hydrogen) atoms. The van der Waals surface area contributed by atoms with Crippen LogP contribution < -0.4 is 20.9 Å². The van der Waals surface area contributed by atoms with Crippen LogP contribution in [0.4, 0.5) is 11.4 Å². The fraction of sp³-hybridized carbons (Fsp3) is 0.235. The molecule has 3 amide bonds. The summed E-state index contributed by atoms with van der Waals surface area (Å²) in [6.07, 6.45) is 0.557. The number of nitrogens with two attached hydrogens (primary N) is 1. The minimum absolute atomic E-state index is 0.0752. The van der Waals surface area contributed by atoms with Crippen LogP contribution in [-0.4, -0.2) is 49.2 Å². The summed E-state index contributed by atoms with van der Waals surface area (Å²) in [6.45, 7) is 3.32. The molecule has 214 valence electrons. The number of anilines is 2. The second kappa shape index (κ2) is 11.6. The van der Waals surface area contributed by atoms with Gasteiger partial charge in [0.2, 0.25) is 11.8 Å². The SMILES string of the molecule is CNC(C)(C(N)=O)[C@@H]1CN(C(=O)c2ccc(C(C)=O)cc2)c2ccccc2N(CCc2cccc3ccccc23)C1=O. The monoisotopic (exact) mass is 562 g/mol. The molecule has 1 aliphatic heterocycles. The third kappa shape index (κ3) is 5.17. The first-order valence-electron chi connectivity index (χ1n) is 13.9. The Labute approximate surface area is 245 Å². The van der Waals surface area contributed by atoms with E-state index in [2.05, 4.69) is 29.6 Å². The van der Waals surface area contributed by atoms with E-state index in [0.29, 0.717) is 35.5 Å². The number of nitrogens with zero attached hydrogens (tertiary/aromatic N) is 2. The molecule has 0 aliphatic carbocycles. The topological polar surface area (TPSA) is 113 Å². The van der Waals surface area contributed by atoms with Crippen molar-refractivity contribution in [2.75, 3.05) is 29.9 Å². The van der Waals surface area contributed by atoms with E-state index < -0.39 is 17.4 Å². The number of rotatable bonds is 8. The Kier molecular flexibility index (Phi) is 7.91. The summed E-state index contributed by atoms with van der Waals surface area (Å²) >= 11 is 0. The smallest absolute Gasteiger partial charge is 0.258 e. The highest BCUT2D eigenvalue weighted by molar-refractivity contribution is 6.13. The van der Waals surface area contributed by atoms with Crippen molar-refractivity contribution in [2.45, 2.75) is 25.8 Å². The molecule has 0 bridgehead atoms. The number of para-hydroxylation sites is 2. The van der Waals surface area contributed by atoms with Gasteiger partial charge in [0.05, 0.1) is 17.3 Å². The van der Waals surface area contributed by atoms with Crippen molar-refractivity contribution in [3.05, 3.63) is 108 Å². The van der Waals surface area contributed by atoms with Crippen LogP contribution in [0.2, 0.25) is 0 Å². The summed E-state index contributed by atoms with van der Waals surface area (Å²) in [5.74, 6) is -2.44. The molecule has 2 atom stereocenters. The highest BCUT2D eigenvalue weighted by Gasteiger charge is 2.48. The van der Waals surface area contributed by atoms with Crippen LogP contribution in [0, 0.1) is 5.92 Å². The van der Waals surface area contributed by atoms with Crippen molar-refractivity contribution < 1.29 is 19.2 Å². The number of carbonyl (C=O) groups is 4. The molecule has 5 rings (SSSR count). The summed E-state index contributed by atoms with van der Waals surface area (Å²) in [7, 11) is 1.59. The number of hydrogen-bond acceptors (Lipinski definition) is 5. The second-order valence-electron chi connectivity index (χ2n) is 10.8. The predicted molar refractivity (Wildman–Crippen MR) is 165 cm³/mol. The predicted octanol–water partition coefficient (Wildman–Crippen LogP) is 4.36. The van der Waals surface area contributed by atoms with Crippen molar-refractivity contribution in [3.63, 3.8) is 0 Å². The molecule has 4 aromatic rings. The summed E-state index contributed by atoms with van der Waals surface area (Å²) in [4.78, 5) is 56.3. The maximum atomic E-state index is 14.4. The zero-order chi connectivity index (χ0) is 30.0. The molecule has 8 nitrogen and oxygen atoms in total. The minimum atomic E-state index is -1.44. The normalized spacial score (nSPS) is 16.5. The number of nitrogens with one attached hydrogen (secondary N) is 1. The molecule has 0 saturated heterocycles. The van der Waals surface area contributed by atoms with Crippen LogP contribution in [0.5, 0.6) is 0 Å². The van der Waals surface area contributed by atoms with Crippen molar-refractivity contribution in [1.82, 2.24) is 5.32 Å². The lowest BCUT2D eigenvalue weighted by molar-refractivity contribution is -0.133. The molecular weight excluding hydrogens is 528 g/mol. The number of hydrogen-bond donors (Lipinski definition) is 2. The van der Waals surface area contributed by atoms with E-state index in [1.165, 1.54) is 11.8 Å². The molecule has 3 N–H and O–H groups in total. The Morgan fingerprint density at radius 1 is 0.881 bits per heavy atom. The quantitative estimate of drug-likeness (QED) is 0.310. The van der Waals surface area contributed by atoms with Gasteiger partial charge in [-0.3, -0.25) is 19.2 Å². The third-order valence-corrected chi connectivity index (χ3v) is 8.39. The first kappa shape index (κ1) is 28.7. The van der Waals surface area contributed by atoms with E-state index in [1.807, 2.05) is 36.4 Å². The van der Waals surface area contributed by atoms with Crippen molar-refractivity contribution in [2.24, 2.45) is 11.7 Å². The van der Waals surface area contributed by atoms with Gasteiger partial charge in [0.1, 0.15) is 5.54 Å². The number of fused-ring (bicyclic) bond motifs is 2. The Bertz CT molecular complexity index is 1680. The molecule has 8 heteroatoms. The van der Waals surface area contributed by atoms with Crippen LogP contribution in [0.25, 0.3) is 10.8 Å². The van der Waals surface area contributed by atoms with E-state index in [4.69, 9.17) is 5.73 Å². The number of benzene rings is 4. The summed E-state index contributed by atoms with van der Waals surface area (Å²) in [5.41, 5.74) is 7.50. The minimum Gasteiger partial charge on any atom is -0.368 e. The van der Waals surface area contributed by atoms with Gasteiger partial charge in [-0.1, -0.05) is 66.7 Å². The molecule has 4 aromatic carbocycles. The zero-order valence-electron chi connectivity index (χ0n) is 24.0. The maximum absolute atomic E-state index is 14.4. The fourth-order valence-electron chi connectivity index (χ4n) is 5.65. The Balaban J connectivity index is 1.60. The van der Waals surface area contributed by atoms with Gasteiger partial charge < -0.3 is 20.9 Å². The summed E-state index contributed by atoms with van der Waals surface area (Å²) in [5, 5.41) is 5.19. The molecule has 0 saturated carbocycles. The van der Waals surface area contributed by atoms with E-state index in [0.717, 1.165) is 16.3 Å². The average Bonchev–Trinajstić information content (AvgIpc) is 3.13. The molecule has 0 radical (unpaired) electrons. The van der Waals surface area contributed by atoms with Crippen LogP contribution in [0.1, 0.15) is 40.1 Å². The molecule has 1 unspecified atom stereocenters. The van der Waals surface area contributed by atoms with E-state index in [9.17, 15) is 19.2 Å². The second-order valence-corrected chi connectivity index (χ2v) is 10.8. The van der Waals surface area contributed by atoms with Crippen LogP contribution >= 0.6 is 0 Å². The zero-order valence-corrected chi connectivity index (χ0v) is 24.0. The lowest BCUT2D eigenvalue weighted by atomic mass is 9.83. The lowest BCUT2D eigenvalue weighted by Crippen LogP contribution is -2.63. The largest absolute Gasteiger partial charge is 0.368 e. The number of ketones is 1. The average molecular weight is 563 g/mol. The van der Waals surface area contributed by atoms with Gasteiger partial charge in [0.25, 0.3) is 5.91 Å². The van der Waals surface area contributed by atoms with Gasteiger partial charge >= 0.3 is 0 Å². The Hall–Kier alpha value is -4.82. The first-order valence-corrected chi connectivity index (χ1v) is 13.9. The first-order chi connectivity index (χ1) is 20.2. The van der Waals surface area contributed by atoms with Gasteiger partial charge in [0.15, 0.2) is 5.78 Å². The van der Waals surface area contributed by atoms with Crippen LogP contribution in [-0.2, 0) is 16.0 Å². The Morgan fingerprint density at radius 2 is 1.50 bits per heavy atom. The van der Waals surface area contributed by atoms with Gasteiger partial charge in [-0.15, -0.1) is 0 Å². The van der Waals surface area contributed by atoms with Gasteiger partial charge in [-0.2, -0.15) is 0 Å². The third-order valence-electron chi connectivity index (χ3n) is 8.39. The molecule has 0 spiro atoms. The van der Waals surface area contributed by atoms with Gasteiger partial charge in [0, 0.05) is 24.2 Å². The number of Topliss-reactive ketones (excluding diaryl/α,β-unsaturated/α-hetero) is 1. The standard InChI is InChI=1S/C34H34N4O4/c1-22(39)23-15-17-26(18-16-23)31(40)38-21-28(34(2,36-3)33(35)42)32(41)37(29-13-6-7-14-30(29)38)20-19-25-11-8-10-24-9-4-5-12-27(24)25/h4-18,28,36H,19-21H2,1-3H3,(H2,35,42)/t28-,34?/m1/s1. The molecule has 1 aliphatic rings. The van der Waals surface area contributed by atoms with E-state index in [-0.39, 0.29) is 24.1 Å². The van der Waals surface area contributed by atoms with E-state index >= 15 is 0 Å². The summed E-state index contributed by atoms with van der Waals surface area (Å²) in [6, 6.07) is 27.9. The molecule has 0 fully saturated rings. The van der Waals surface area contributed by atoms with Crippen LogP contribution in [0.3, 0.4) is 0 Å². The van der Waals surface area contributed by atoms with Gasteiger partial charge in [-0.25, -0.2) is 0 Å². The van der Waals surface area contributed by atoms with Crippen molar-refractivity contribution in [3.8, 4) is 0 Å². The van der Waals surface area contributed by atoms with Crippen LogP contribution in [0.15, 0.2) is 91.0 Å². The molecular formula is C34H34N4O4. The van der Waals surface area contributed by atoms with Crippen molar-refractivity contribution in [1.29, 1.82) is 0 Å². The molecule has 1 heterocycles. The number of primary amides is 1. The van der Waals surface area contributed by atoms with E-state index in [1.54, 1.807) is 49.2 Å². The Morgan fingerprint density at radius 3 is 2.17 bits per heavy atom. The number of amides is 3. The summed E-state index contributed by atoms with van der Waals surface area (Å²) < 4.78 is 0. The number of likely N-dealkylation sites (N-methyl/N-ethyl adjacent to an activating group) is 1. The fourth-order valence-corrected chi connectivity index (χ4v) is 5.65. The van der Waals surface area contributed by atoms with Gasteiger partial charge in [-0.05, 0) is 67.9 Å². The maximum Gasteiger partial charge on any atom is 0.258 e. The van der Waals surface area contributed by atoms with Crippen molar-refractivity contribution >= 4 is 45.7 Å². The lowest BCUT2D eigenvalue weighted by Gasteiger charge is -2.36. The number of carbonyl (C=O) groups excluding carboxylic acids is 4. The highest BCUT2D eigenvalue weighted by Crippen LogP contribution is 2.38. The molecule has 0 aromatic heterocycles. The highest BCUT2D eigenvalue weighted by atomic mass is 16.2.